The van der Waals surface area contributed by atoms with Crippen molar-refractivity contribution in [2.75, 3.05) is 6.61 Å². The Morgan fingerprint density at radius 3 is 2.91 bits per heavy atom. The van der Waals surface area contributed by atoms with E-state index < -0.39 is 5.97 Å². The molecule has 0 rings (SSSR count). The molecule has 0 amide bonds. The van der Waals surface area contributed by atoms with Crippen molar-refractivity contribution < 1.29 is 9.53 Å². The minimum absolute atomic E-state index is 0.0469. The van der Waals surface area contributed by atoms with E-state index in [1.165, 1.54) is 0 Å². The van der Waals surface area contributed by atoms with Gasteiger partial charge in [0, 0.05) is 6.08 Å². The minimum atomic E-state index is -0.628. The van der Waals surface area contributed by atoms with Crippen molar-refractivity contribution in [3.63, 3.8) is 0 Å². The highest BCUT2D eigenvalue weighted by Crippen LogP contribution is 1.90. The van der Waals surface area contributed by atoms with Gasteiger partial charge in [0.15, 0.2) is 0 Å². The number of hydrazine groups is 1. The molecule has 0 aliphatic heterocycles. The van der Waals surface area contributed by atoms with Crippen LogP contribution in [0.5, 0.6) is 0 Å². The van der Waals surface area contributed by atoms with Gasteiger partial charge in [-0.15, -0.1) is 0 Å². The summed E-state index contributed by atoms with van der Waals surface area (Å²) in [7, 11) is 0. The molecule has 3 N–H and O–H groups in total. The number of nitrogens with two attached hydrogens (primary N) is 1. The summed E-state index contributed by atoms with van der Waals surface area (Å²) in [4.78, 5) is 10.8. The van der Waals surface area contributed by atoms with Gasteiger partial charge in [-0.05, 0) is 6.92 Å². The molecule has 0 aliphatic rings. The fraction of sp³-hybridized carbons (Fsp3) is 0.333. The molecule has 0 aromatic heterocycles. The topological polar surface area (TPSA) is 88.1 Å². The largest absolute Gasteiger partial charge is 0.461 e. The number of allylic oxidation sites excluding steroid dienone is 1. The van der Waals surface area contributed by atoms with E-state index in [1.54, 1.807) is 13.0 Å². The summed E-state index contributed by atoms with van der Waals surface area (Å²) in [5.74, 6) is 4.29. The average Bonchev–Trinajstić information content (AvgIpc) is 2.00. The first-order chi connectivity index (χ1) is 5.26. The van der Waals surface area contributed by atoms with Gasteiger partial charge in [0.1, 0.15) is 5.70 Å². The van der Waals surface area contributed by atoms with Crippen molar-refractivity contribution >= 4 is 5.97 Å². The molecule has 0 saturated heterocycles. The highest BCUT2D eigenvalue weighted by Gasteiger charge is 2.06. The number of ether oxygens (including phenoxy) is 1. The van der Waals surface area contributed by atoms with Crippen LogP contribution in [-0.2, 0) is 9.53 Å². The molecule has 0 saturated carbocycles. The van der Waals surface area contributed by atoms with E-state index in [4.69, 9.17) is 11.1 Å². The van der Waals surface area contributed by atoms with Crippen molar-refractivity contribution in [1.29, 1.82) is 5.26 Å². The predicted octanol–water partition coefficient (Wildman–Crippen LogP) is -0.580. The fourth-order valence-electron chi connectivity index (χ4n) is 0.433. The second-order valence-electron chi connectivity index (χ2n) is 1.55. The van der Waals surface area contributed by atoms with Gasteiger partial charge in [-0.1, -0.05) is 0 Å². The van der Waals surface area contributed by atoms with Gasteiger partial charge in [0.25, 0.3) is 0 Å². The van der Waals surface area contributed by atoms with E-state index in [1.807, 2.05) is 0 Å². The molecule has 0 aromatic rings. The van der Waals surface area contributed by atoms with Crippen LogP contribution < -0.4 is 11.3 Å². The Morgan fingerprint density at radius 2 is 2.55 bits per heavy atom. The smallest absolute Gasteiger partial charge is 0.356 e. The number of hydrogen-bond acceptors (Lipinski definition) is 5. The number of nitriles is 1. The van der Waals surface area contributed by atoms with Crippen molar-refractivity contribution in [1.82, 2.24) is 5.43 Å². The van der Waals surface area contributed by atoms with Gasteiger partial charge in [-0.2, -0.15) is 5.26 Å². The molecule has 0 spiro atoms. The Bertz CT molecular complexity index is 204. The lowest BCUT2D eigenvalue weighted by atomic mass is 10.4. The van der Waals surface area contributed by atoms with Gasteiger partial charge >= 0.3 is 5.97 Å². The maximum atomic E-state index is 10.8. The van der Waals surface area contributed by atoms with Crippen LogP contribution >= 0.6 is 0 Å². The number of hydrogen-bond donors (Lipinski definition) is 2. The first kappa shape index (κ1) is 9.46. The van der Waals surface area contributed by atoms with E-state index >= 15 is 0 Å². The van der Waals surface area contributed by atoms with Gasteiger partial charge in [0.2, 0.25) is 0 Å². The molecule has 11 heavy (non-hydrogen) atoms. The molecule has 0 radical (unpaired) electrons. The zero-order valence-corrected chi connectivity index (χ0v) is 6.13. The van der Waals surface area contributed by atoms with E-state index in [0.717, 1.165) is 6.08 Å². The lowest BCUT2D eigenvalue weighted by Crippen LogP contribution is -2.27. The highest BCUT2D eigenvalue weighted by molar-refractivity contribution is 5.88. The summed E-state index contributed by atoms with van der Waals surface area (Å²) in [6.07, 6.45) is 0.984. The second kappa shape index (κ2) is 5.26. The number of rotatable bonds is 3. The summed E-state index contributed by atoms with van der Waals surface area (Å²) in [5, 5.41) is 8.16. The quantitative estimate of drug-likeness (QED) is 0.187. The van der Waals surface area contributed by atoms with Gasteiger partial charge in [-0.25, -0.2) is 4.79 Å². The maximum Gasteiger partial charge on any atom is 0.356 e. The Labute approximate surface area is 64.4 Å². The van der Waals surface area contributed by atoms with Crippen LogP contribution in [0.3, 0.4) is 0 Å². The van der Waals surface area contributed by atoms with Crippen LogP contribution in [0.15, 0.2) is 11.8 Å². The third kappa shape index (κ3) is 3.23. The van der Waals surface area contributed by atoms with Crippen LogP contribution in [0, 0.1) is 11.3 Å². The zero-order valence-electron chi connectivity index (χ0n) is 6.13. The van der Waals surface area contributed by atoms with Crippen LogP contribution in [0.25, 0.3) is 0 Å². The van der Waals surface area contributed by atoms with Crippen LogP contribution in [-0.4, -0.2) is 12.6 Å². The third-order valence-electron chi connectivity index (χ3n) is 0.860. The first-order valence-corrected chi connectivity index (χ1v) is 2.99. The summed E-state index contributed by atoms with van der Waals surface area (Å²) < 4.78 is 4.55. The van der Waals surface area contributed by atoms with Crippen LogP contribution in [0.4, 0.5) is 0 Å². The van der Waals surface area contributed by atoms with Gasteiger partial charge in [-0.3, -0.25) is 5.84 Å². The summed E-state index contributed by atoms with van der Waals surface area (Å²) in [6.45, 7) is 1.92. The zero-order chi connectivity index (χ0) is 8.69. The first-order valence-electron chi connectivity index (χ1n) is 2.99. The van der Waals surface area contributed by atoms with E-state index in [-0.39, 0.29) is 12.3 Å². The van der Waals surface area contributed by atoms with Gasteiger partial charge in [0.05, 0.1) is 12.7 Å². The Balaban J connectivity index is 4.17. The molecule has 0 bridgehead atoms. The fourth-order valence-corrected chi connectivity index (χ4v) is 0.433. The molecular formula is C6H9N3O2. The predicted molar refractivity (Wildman–Crippen MR) is 37.7 cm³/mol. The molecule has 0 aliphatic carbocycles. The second-order valence-corrected chi connectivity index (χ2v) is 1.55. The number of nitrogens with zero attached hydrogens (tertiary/aromatic N) is 1. The molecule has 0 fully saturated rings. The number of carbonyl (C=O) groups excluding carboxylic acids is 1. The molecule has 0 atom stereocenters. The lowest BCUT2D eigenvalue weighted by Gasteiger charge is -2.02. The monoisotopic (exact) mass is 155 g/mol. The Hall–Kier alpha value is -1.54. The van der Waals surface area contributed by atoms with Crippen molar-refractivity contribution in [3.05, 3.63) is 11.8 Å². The number of nitrogens with one attached hydrogen (secondary N) is 1. The van der Waals surface area contributed by atoms with Crippen LogP contribution in [0.1, 0.15) is 6.92 Å². The minimum Gasteiger partial charge on any atom is -0.461 e. The van der Waals surface area contributed by atoms with E-state index in [9.17, 15) is 4.79 Å². The van der Waals surface area contributed by atoms with E-state index in [0.29, 0.717) is 0 Å². The molecule has 0 unspecified atom stereocenters. The lowest BCUT2D eigenvalue weighted by molar-refractivity contribution is -0.138. The summed E-state index contributed by atoms with van der Waals surface area (Å²) in [5.41, 5.74) is 2.00. The Morgan fingerprint density at radius 1 is 1.91 bits per heavy atom. The van der Waals surface area contributed by atoms with Crippen molar-refractivity contribution in [2.45, 2.75) is 6.92 Å². The summed E-state index contributed by atoms with van der Waals surface area (Å²) >= 11 is 0. The molecule has 60 valence electrons. The highest BCUT2D eigenvalue weighted by atomic mass is 16.5. The van der Waals surface area contributed by atoms with Crippen molar-refractivity contribution in [2.24, 2.45) is 5.84 Å². The van der Waals surface area contributed by atoms with Crippen LogP contribution in [0.2, 0.25) is 0 Å². The van der Waals surface area contributed by atoms with Crippen molar-refractivity contribution in [3.8, 4) is 6.07 Å². The SMILES string of the molecule is CCOC(=O)C(=CC#N)NN. The summed E-state index contributed by atoms with van der Waals surface area (Å²) in [6, 6.07) is 1.65. The molecular weight excluding hydrogens is 146 g/mol. The number of carbonyl (C=O) groups is 1. The Kier molecular flexibility index (Phi) is 4.52. The molecule has 0 heterocycles. The standard InChI is InChI=1S/C6H9N3O2/c1-2-11-6(10)5(9-8)3-4-7/h3,9H,2,8H2,1H3. The average molecular weight is 155 g/mol. The normalized spacial score (nSPS) is 10.1. The maximum absolute atomic E-state index is 10.8. The molecule has 0 aromatic carbocycles. The molecule has 5 nitrogen and oxygen atoms in total. The molecule has 5 heteroatoms. The van der Waals surface area contributed by atoms with E-state index in [2.05, 4.69) is 10.2 Å². The van der Waals surface area contributed by atoms with Gasteiger partial charge < -0.3 is 10.2 Å². The third-order valence-corrected chi connectivity index (χ3v) is 0.860. The number of esters is 1.